The first-order chi connectivity index (χ1) is 28.7. The van der Waals surface area contributed by atoms with Crippen LogP contribution in [0.3, 0.4) is 0 Å². The highest BCUT2D eigenvalue weighted by atomic mass is 32.2. The minimum absolute atomic E-state index is 0.000877. The molecule has 0 spiro atoms. The molecule has 2 rings (SSSR count). The Balaban J connectivity index is 0. The predicted molar refractivity (Wildman–Crippen MR) is 149 cm³/mol. The molecule has 0 aliphatic heterocycles. The van der Waals surface area contributed by atoms with Crippen molar-refractivity contribution in [2.45, 2.75) is 117 Å². The first-order valence-corrected chi connectivity index (χ1v) is 18.2. The maximum Gasteiger partial charge on any atom is 0.460 e. The number of rotatable bonds is 17. The van der Waals surface area contributed by atoms with Crippen molar-refractivity contribution in [3.05, 3.63) is 37.4 Å². The summed E-state index contributed by atoms with van der Waals surface area (Å²) in [5, 5.41) is -11.0. The van der Waals surface area contributed by atoms with Gasteiger partial charge in [-0.15, -0.1) is 0 Å². The van der Waals surface area contributed by atoms with Crippen LogP contribution in [-0.2, 0) is 45.4 Å². The lowest BCUT2D eigenvalue weighted by atomic mass is 9.92. The Kier molecular flexibility index (Phi) is 20.7. The number of aryl methyl sites for hydroxylation is 2. The van der Waals surface area contributed by atoms with Crippen LogP contribution in [0.1, 0.15) is 19.8 Å². The second-order valence-electron chi connectivity index (χ2n) is 11.8. The Morgan fingerprint density at radius 3 is 0.985 bits per heavy atom. The molecule has 2 aromatic rings. The van der Waals surface area contributed by atoms with E-state index in [0.29, 0.717) is 6.54 Å². The molecule has 66 heavy (non-hydrogen) atoms. The molecule has 0 atom stereocenters. The van der Waals surface area contributed by atoms with Crippen LogP contribution < -0.4 is 9.13 Å². The largest absolute Gasteiger partial charge is 0.743 e. The lowest BCUT2D eigenvalue weighted by Crippen LogP contribution is -2.70. The predicted octanol–water partition coefficient (Wildman–Crippen LogP) is 8.50. The van der Waals surface area contributed by atoms with Crippen LogP contribution in [0.25, 0.3) is 0 Å². The normalized spacial score (nSPS) is 14.5. The molecule has 0 aliphatic carbocycles. The number of aromatic nitrogens is 4. The highest BCUT2D eigenvalue weighted by Gasteiger charge is 2.90. The number of hydrogen-bond donors (Lipinski definition) is 0. The Morgan fingerprint density at radius 1 is 0.470 bits per heavy atom. The van der Waals surface area contributed by atoms with E-state index in [1.807, 2.05) is 6.92 Å². The van der Waals surface area contributed by atoms with Gasteiger partial charge in [0.15, 0.2) is 20.2 Å². The van der Waals surface area contributed by atoms with Gasteiger partial charge in [-0.05, 0) is 6.42 Å². The third-order valence-electron chi connectivity index (χ3n) is 6.94. The Morgan fingerprint density at radius 2 is 0.758 bits per heavy atom. The third-order valence-corrected chi connectivity index (χ3v) is 8.63. The van der Waals surface area contributed by atoms with Crippen molar-refractivity contribution in [1.29, 1.82) is 0 Å². The van der Waals surface area contributed by atoms with Crippen molar-refractivity contribution in [2.75, 3.05) is 0 Å². The van der Waals surface area contributed by atoms with Gasteiger partial charge in [-0.3, -0.25) is 0 Å². The van der Waals surface area contributed by atoms with Gasteiger partial charge in [0.05, 0.1) is 19.5 Å². The van der Waals surface area contributed by atoms with E-state index in [1.165, 1.54) is 10.8 Å². The summed E-state index contributed by atoms with van der Waals surface area (Å²) < 4.78 is 414. The van der Waals surface area contributed by atoms with E-state index in [2.05, 4.69) is 0 Å². The topological polar surface area (TPSA) is 132 Å². The van der Waals surface area contributed by atoms with E-state index in [9.17, 15) is 153 Å². The summed E-state index contributed by atoms with van der Waals surface area (Å²) in [5.74, 6) is -37.8. The SMILES string of the molecule is CCC[n+]1ccn(C(F)(F)C(F)F)c1.FC(F)C(F)(F)n1cc[n+](CCC(F)(F)C(F)(F)C(F)(F)C(F)(F)C(F)(F)C(F)(F)F)c1.O=S(=O)([O-])C(F)(F)C(F)F.O=S(=O)([O-])C(F)(F)C(F)F. The molecule has 0 unspecified atom stereocenters. The van der Waals surface area contributed by atoms with E-state index >= 15 is 0 Å². The fraction of sp³-hybridized carbons (Fsp3) is 0.760. The zero-order valence-electron chi connectivity index (χ0n) is 30.6. The number of halogens is 29. The highest BCUT2D eigenvalue weighted by molar-refractivity contribution is 7.87. The van der Waals surface area contributed by atoms with Crippen LogP contribution in [-0.4, -0.2) is 107 Å². The van der Waals surface area contributed by atoms with E-state index in [4.69, 9.17) is 0 Å². The van der Waals surface area contributed by atoms with Crippen molar-refractivity contribution in [2.24, 2.45) is 0 Å². The molecule has 0 fully saturated rings. The number of nitrogens with zero attached hydrogens (tertiary/aromatic N) is 4. The van der Waals surface area contributed by atoms with Gasteiger partial charge < -0.3 is 9.11 Å². The zero-order chi connectivity index (χ0) is 53.7. The van der Waals surface area contributed by atoms with Crippen molar-refractivity contribution < 1.29 is 162 Å². The van der Waals surface area contributed by atoms with Crippen LogP contribution in [0.15, 0.2) is 37.4 Å². The fourth-order valence-corrected chi connectivity index (χ4v) is 3.77. The summed E-state index contributed by atoms with van der Waals surface area (Å²) in [6.07, 6.45) is -23.0. The van der Waals surface area contributed by atoms with E-state index in [1.54, 1.807) is 0 Å². The fourth-order valence-electron chi connectivity index (χ4n) is 3.34. The standard InChI is InChI=1S/C13H8F17N2.C8H11F4N2.2C2H2F4O3S/c14-6(15)8(18,19)32-4-3-31(5-32)2-1-7(16,17)9(20,21)10(22,23)11(24,25)12(26,27)13(28,29)30;1-2-3-13-4-5-14(6-13)8(11,12)7(9)10;2*3-1(4)2(5,6)10(7,8)9/h3-6H,1-2H2;4-7H,2-3H2,1H3;2*1H,(H,7,8,9)/q2*+1;;/p-2. The minimum atomic E-state index is -8.05. The smallest absolute Gasteiger partial charge is 0.460 e. The van der Waals surface area contributed by atoms with Crippen LogP contribution in [0, 0.1) is 0 Å². The summed E-state index contributed by atoms with van der Waals surface area (Å²) in [6.45, 7) is 0.661. The summed E-state index contributed by atoms with van der Waals surface area (Å²) in [6, 6.07) is -9.07. The second-order valence-corrected chi connectivity index (χ2v) is 14.7. The van der Waals surface area contributed by atoms with Crippen LogP contribution in [0.4, 0.5) is 127 Å². The van der Waals surface area contributed by atoms with Crippen molar-refractivity contribution in [1.82, 2.24) is 9.13 Å². The molecular formula is C25H21F29N4O6S2. The van der Waals surface area contributed by atoms with Crippen LogP contribution >= 0.6 is 0 Å². The Bertz CT molecular complexity index is 2000. The maximum atomic E-state index is 13.6. The zero-order valence-corrected chi connectivity index (χ0v) is 32.3. The summed E-state index contributed by atoms with van der Waals surface area (Å²) >= 11 is 0. The number of hydrogen-bond acceptors (Lipinski definition) is 6. The third kappa shape index (κ3) is 14.1. The van der Waals surface area contributed by atoms with Gasteiger partial charge in [-0.1, -0.05) is 6.92 Å². The molecule has 0 radical (unpaired) electrons. The second kappa shape index (κ2) is 21.2. The Hall–Kier alpha value is -3.79. The number of imidazole rings is 2. The minimum Gasteiger partial charge on any atom is -0.743 e. The van der Waals surface area contributed by atoms with E-state index < -0.39 is 122 Å². The first-order valence-electron chi connectivity index (χ1n) is 15.4. The molecule has 0 saturated carbocycles. The quantitative estimate of drug-likeness (QED) is 0.0888. The Labute approximate surface area is 346 Å². The van der Waals surface area contributed by atoms with Crippen LogP contribution in [0.2, 0.25) is 0 Å². The average molecular weight is 1090 g/mol. The molecule has 41 heteroatoms. The van der Waals surface area contributed by atoms with Gasteiger partial charge in [0, 0.05) is 0 Å². The van der Waals surface area contributed by atoms with Crippen molar-refractivity contribution >= 4 is 20.2 Å². The van der Waals surface area contributed by atoms with Gasteiger partial charge in [0.25, 0.3) is 0 Å². The molecule has 2 heterocycles. The van der Waals surface area contributed by atoms with E-state index in [0.717, 1.165) is 18.9 Å². The molecule has 0 bridgehead atoms. The maximum absolute atomic E-state index is 13.6. The molecule has 0 N–H and O–H groups in total. The summed E-state index contributed by atoms with van der Waals surface area (Å²) in [7, 11) is -12.5. The monoisotopic (exact) mass is 1090 g/mol. The first kappa shape index (κ1) is 64.3. The molecule has 0 aromatic carbocycles. The van der Waals surface area contributed by atoms with Gasteiger partial charge >= 0.3 is 84.1 Å². The molecule has 0 amide bonds. The van der Waals surface area contributed by atoms with Gasteiger partial charge in [-0.2, -0.15) is 119 Å². The summed E-state index contributed by atoms with van der Waals surface area (Å²) in [5.41, 5.74) is 0. The van der Waals surface area contributed by atoms with Crippen molar-refractivity contribution in [3.63, 3.8) is 0 Å². The number of alkyl halides is 29. The van der Waals surface area contributed by atoms with Crippen molar-refractivity contribution in [3.8, 4) is 0 Å². The lowest BCUT2D eigenvalue weighted by molar-refractivity contribution is -0.700. The molecular weight excluding hydrogens is 1070 g/mol. The average Bonchev–Trinajstić information content (AvgIpc) is 3.81. The van der Waals surface area contributed by atoms with Gasteiger partial charge in [0.1, 0.15) is 24.8 Å². The molecule has 10 nitrogen and oxygen atoms in total. The van der Waals surface area contributed by atoms with E-state index in [-0.39, 0.29) is 27.9 Å². The van der Waals surface area contributed by atoms with Crippen LogP contribution in [0.5, 0.6) is 0 Å². The summed E-state index contributed by atoms with van der Waals surface area (Å²) in [4.78, 5) is 0. The lowest BCUT2D eigenvalue weighted by Gasteiger charge is -2.39. The molecule has 392 valence electrons. The molecule has 0 saturated heterocycles. The molecule has 0 aliphatic rings. The van der Waals surface area contributed by atoms with Gasteiger partial charge in [-0.25, -0.2) is 43.5 Å². The van der Waals surface area contributed by atoms with Gasteiger partial charge in [0.2, 0.25) is 12.7 Å². The highest BCUT2D eigenvalue weighted by Crippen LogP contribution is 2.60. The molecule has 2 aromatic heterocycles.